The molecule has 4 nitrogen and oxygen atoms in total. The molecule has 0 saturated carbocycles. The summed E-state index contributed by atoms with van der Waals surface area (Å²) in [6.07, 6.45) is -0.479. The molecule has 0 saturated heterocycles. The first kappa shape index (κ1) is 13.4. The van der Waals surface area contributed by atoms with Gasteiger partial charge in [-0.2, -0.15) is 0 Å². The van der Waals surface area contributed by atoms with Crippen molar-refractivity contribution in [3.05, 3.63) is 53.0 Å². The number of benzene rings is 2. The second-order valence-corrected chi connectivity index (χ2v) is 4.74. The number of carbonyl (C=O) groups is 1. The first-order valence-electron chi connectivity index (χ1n) is 5.65. The van der Waals surface area contributed by atoms with Gasteiger partial charge in [0, 0.05) is 21.5 Å². The van der Waals surface area contributed by atoms with Gasteiger partial charge >= 0.3 is 6.09 Å². The van der Waals surface area contributed by atoms with Gasteiger partial charge < -0.3 is 10.1 Å². The zero-order valence-corrected chi connectivity index (χ0v) is 11.9. The van der Waals surface area contributed by atoms with Gasteiger partial charge in [-0.25, -0.2) is 4.79 Å². The molecular formula is C14H13BrN2O2. The average Bonchev–Trinajstić information content (AvgIpc) is 2.41. The van der Waals surface area contributed by atoms with Gasteiger partial charge in [-0.1, -0.05) is 22.0 Å². The quantitative estimate of drug-likeness (QED) is 0.882. The van der Waals surface area contributed by atoms with E-state index in [1.54, 1.807) is 12.1 Å². The van der Waals surface area contributed by atoms with E-state index in [4.69, 9.17) is 0 Å². The van der Waals surface area contributed by atoms with Crippen LogP contribution in [-0.2, 0) is 4.74 Å². The predicted octanol–water partition coefficient (Wildman–Crippen LogP) is 4.37. The Balaban J connectivity index is 2.04. The third-order valence-electron chi connectivity index (χ3n) is 2.43. The van der Waals surface area contributed by atoms with E-state index in [0.717, 1.165) is 15.8 Å². The van der Waals surface area contributed by atoms with E-state index in [1.165, 1.54) is 7.11 Å². The smallest absolute Gasteiger partial charge is 0.411 e. The standard InChI is InChI=1S/C14H13BrN2O2/c1-19-14(18)17-12-7-5-11(6-8-12)16-13-4-2-3-10(15)9-13/h2-9,16H,1H3,(H,17,18). The molecule has 0 atom stereocenters. The van der Waals surface area contributed by atoms with E-state index in [9.17, 15) is 4.79 Å². The molecule has 19 heavy (non-hydrogen) atoms. The van der Waals surface area contributed by atoms with Gasteiger partial charge in [0.15, 0.2) is 0 Å². The summed E-state index contributed by atoms with van der Waals surface area (Å²) in [6.45, 7) is 0. The fourth-order valence-electron chi connectivity index (χ4n) is 1.54. The zero-order chi connectivity index (χ0) is 13.7. The molecule has 5 heteroatoms. The number of hydrogen-bond donors (Lipinski definition) is 2. The second kappa shape index (κ2) is 6.24. The largest absolute Gasteiger partial charge is 0.453 e. The molecule has 0 bridgehead atoms. The normalized spacial score (nSPS) is 9.79. The number of carbonyl (C=O) groups excluding carboxylic acids is 1. The molecule has 0 radical (unpaired) electrons. The van der Waals surface area contributed by atoms with Crippen molar-refractivity contribution in [1.82, 2.24) is 0 Å². The summed E-state index contributed by atoms with van der Waals surface area (Å²) in [7, 11) is 1.33. The minimum absolute atomic E-state index is 0.479. The molecule has 0 fully saturated rings. The van der Waals surface area contributed by atoms with Crippen LogP contribution in [0.3, 0.4) is 0 Å². The van der Waals surface area contributed by atoms with E-state index < -0.39 is 6.09 Å². The molecule has 0 aromatic heterocycles. The number of ether oxygens (including phenoxy) is 1. The Hall–Kier alpha value is -2.01. The SMILES string of the molecule is COC(=O)Nc1ccc(Nc2cccc(Br)c2)cc1. The topological polar surface area (TPSA) is 50.4 Å². The van der Waals surface area contributed by atoms with Crippen molar-refractivity contribution in [2.45, 2.75) is 0 Å². The van der Waals surface area contributed by atoms with Crippen LogP contribution in [0.15, 0.2) is 53.0 Å². The Kier molecular flexibility index (Phi) is 4.41. The zero-order valence-electron chi connectivity index (χ0n) is 10.3. The highest BCUT2D eigenvalue weighted by Crippen LogP contribution is 2.21. The number of nitrogens with one attached hydrogen (secondary N) is 2. The van der Waals surface area contributed by atoms with Crippen molar-refractivity contribution >= 4 is 39.1 Å². The van der Waals surface area contributed by atoms with E-state index >= 15 is 0 Å². The monoisotopic (exact) mass is 320 g/mol. The summed E-state index contributed by atoms with van der Waals surface area (Å²) >= 11 is 3.42. The van der Waals surface area contributed by atoms with Gasteiger partial charge in [0.2, 0.25) is 0 Å². The van der Waals surface area contributed by atoms with Crippen molar-refractivity contribution in [3.8, 4) is 0 Å². The highest BCUT2D eigenvalue weighted by Gasteiger charge is 2.00. The van der Waals surface area contributed by atoms with Crippen LogP contribution in [0.5, 0.6) is 0 Å². The van der Waals surface area contributed by atoms with E-state index in [1.807, 2.05) is 36.4 Å². The fraction of sp³-hybridized carbons (Fsp3) is 0.0714. The molecule has 0 spiro atoms. The van der Waals surface area contributed by atoms with Gasteiger partial charge in [0.25, 0.3) is 0 Å². The Labute approximate surface area is 119 Å². The van der Waals surface area contributed by atoms with Crippen molar-refractivity contribution in [1.29, 1.82) is 0 Å². The maximum Gasteiger partial charge on any atom is 0.411 e. The van der Waals surface area contributed by atoms with Crippen molar-refractivity contribution < 1.29 is 9.53 Å². The molecular weight excluding hydrogens is 308 g/mol. The van der Waals surface area contributed by atoms with Gasteiger partial charge in [-0.15, -0.1) is 0 Å². The van der Waals surface area contributed by atoms with Crippen LogP contribution in [0.2, 0.25) is 0 Å². The van der Waals surface area contributed by atoms with Crippen LogP contribution in [0.25, 0.3) is 0 Å². The number of anilines is 3. The second-order valence-electron chi connectivity index (χ2n) is 3.83. The Bertz CT molecular complexity index is 570. The average molecular weight is 321 g/mol. The summed E-state index contributed by atoms with van der Waals surface area (Å²) in [4.78, 5) is 11.0. The highest BCUT2D eigenvalue weighted by molar-refractivity contribution is 9.10. The minimum Gasteiger partial charge on any atom is -0.453 e. The molecule has 1 amide bonds. The molecule has 98 valence electrons. The van der Waals surface area contributed by atoms with Gasteiger partial charge in [0.05, 0.1) is 7.11 Å². The van der Waals surface area contributed by atoms with Crippen LogP contribution >= 0.6 is 15.9 Å². The fourth-order valence-corrected chi connectivity index (χ4v) is 1.94. The lowest BCUT2D eigenvalue weighted by Crippen LogP contribution is -2.10. The Morgan fingerprint density at radius 2 is 1.74 bits per heavy atom. The number of methoxy groups -OCH3 is 1. The lowest BCUT2D eigenvalue weighted by atomic mass is 10.2. The van der Waals surface area contributed by atoms with Crippen LogP contribution in [-0.4, -0.2) is 13.2 Å². The molecule has 0 unspecified atom stereocenters. The first-order valence-corrected chi connectivity index (χ1v) is 6.44. The summed E-state index contributed by atoms with van der Waals surface area (Å²) in [5.41, 5.74) is 2.61. The van der Waals surface area contributed by atoms with Gasteiger partial charge in [-0.05, 0) is 42.5 Å². The van der Waals surface area contributed by atoms with E-state index in [-0.39, 0.29) is 0 Å². The van der Waals surface area contributed by atoms with Crippen LogP contribution < -0.4 is 10.6 Å². The summed E-state index contributed by atoms with van der Waals surface area (Å²) < 4.78 is 5.54. The van der Waals surface area contributed by atoms with E-state index in [0.29, 0.717) is 5.69 Å². The number of hydrogen-bond acceptors (Lipinski definition) is 3. The van der Waals surface area contributed by atoms with Crippen molar-refractivity contribution in [2.75, 3.05) is 17.7 Å². The minimum atomic E-state index is -0.479. The Morgan fingerprint density at radius 3 is 2.37 bits per heavy atom. The number of halogens is 1. The molecule has 2 rings (SSSR count). The Morgan fingerprint density at radius 1 is 1.05 bits per heavy atom. The van der Waals surface area contributed by atoms with E-state index in [2.05, 4.69) is 31.3 Å². The lowest BCUT2D eigenvalue weighted by molar-refractivity contribution is 0.187. The van der Waals surface area contributed by atoms with Crippen molar-refractivity contribution in [3.63, 3.8) is 0 Å². The molecule has 0 aliphatic rings. The molecule has 2 aromatic carbocycles. The predicted molar refractivity (Wildman–Crippen MR) is 79.9 cm³/mol. The van der Waals surface area contributed by atoms with Gasteiger partial charge in [-0.3, -0.25) is 5.32 Å². The third kappa shape index (κ3) is 3.99. The maximum absolute atomic E-state index is 11.0. The molecule has 0 aliphatic carbocycles. The summed E-state index contributed by atoms with van der Waals surface area (Å²) in [5, 5.41) is 5.86. The van der Waals surface area contributed by atoms with Crippen LogP contribution in [0.1, 0.15) is 0 Å². The maximum atomic E-state index is 11.0. The lowest BCUT2D eigenvalue weighted by Gasteiger charge is -2.08. The number of rotatable bonds is 3. The first-order chi connectivity index (χ1) is 9.17. The molecule has 0 heterocycles. The summed E-state index contributed by atoms with van der Waals surface area (Å²) in [5.74, 6) is 0. The molecule has 2 N–H and O–H groups in total. The highest BCUT2D eigenvalue weighted by atomic mass is 79.9. The van der Waals surface area contributed by atoms with Crippen LogP contribution in [0.4, 0.5) is 21.9 Å². The van der Waals surface area contributed by atoms with Crippen LogP contribution in [0, 0.1) is 0 Å². The van der Waals surface area contributed by atoms with Crippen molar-refractivity contribution in [2.24, 2.45) is 0 Å². The molecule has 2 aromatic rings. The third-order valence-corrected chi connectivity index (χ3v) is 2.92. The molecule has 0 aliphatic heterocycles. The number of amides is 1. The van der Waals surface area contributed by atoms with Gasteiger partial charge in [0.1, 0.15) is 0 Å². The summed E-state index contributed by atoms with van der Waals surface area (Å²) in [6, 6.07) is 15.3.